The highest BCUT2D eigenvalue weighted by atomic mass is 79.9. The minimum atomic E-state index is -3.79. The van der Waals surface area contributed by atoms with Gasteiger partial charge in [0.05, 0.1) is 16.5 Å². The van der Waals surface area contributed by atoms with Crippen molar-refractivity contribution in [2.75, 3.05) is 6.54 Å². The first kappa shape index (κ1) is 16.6. The van der Waals surface area contributed by atoms with Gasteiger partial charge in [-0.05, 0) is 31.0 Å². The maximum absolute atomic E-state index is 12.0. The van der Waals surface area contributed by atoms with Gasteiger partial charge in [-0.15, -0.1) is 0 Å². The van der Waals surface area contributed by atoms with Crippen molar-refractivity contribution >= 4 is 31.9 Å². The number of carboxylic acid groups (broad SMARTS) is 1. The number of rotatable bonds is 6. The molecule has 0 bridgehead atoms. The Morgan fingerprint density at radius 2 is 2.15 bits per heavy atom. The van der Waals surface area contributed by atoms with Crippen molar-refractivity contribution in [2.24, 2.45) is 0 Å². The number of unbranched alkanes of at least 4 members (excludes halogenated alkanes) is 1. The van der Waals surface area contributed by atoms with Gasteiger partial charge in [-0.3, -0.25) is 0 Å². The molecule has 108 valence electrons. The first-order valence-corrected chi connectivity index (χ1v) is 7.97. The predicted molar refractivity (Wildman–Crippen MR) is 75.9 cm³/mol. The molecule has 0 radical (unpaired) electrons. The summed E-state index contributed by atoms with van der Waals surface area (Å²) in [6.45, 7) is 1.72. The van der Waals surface area contributed by atoms with E-state index in [1.807, 2.05) is 6.07 Å². The molecule has 0 heterocycles. The Labute approximate surface area is 125 Å². The van der Waals surface area contributed by atoms with Crippen molar-refractivity contribution in [3.63, 3.8) is 0 Å². The normalized spacial score (nSPS) is 11.1. The van der Waals surface area contributed by atoms with E-state index >= 15 is 0 Å². The highest BCUT2D eigenvalue weighted by Gasteiger charge is 2.19. The van der Waals surface area contributed by atoms with E-state index < -0.39 is 16.0 Å². The summed E-state index contributed by atoms with van der Waals surface area (Å²) < 4.78 is 26.8. The molecule has 1 aromatic rings. The molecule has 0 aliphatic carbocycles. The van der Waals surface area contributed by atoms with Gasteiger partial charge < -0.3 is 5.11 Å². The third kappa shape index (κ3) is 4.03. The monoisotopic (exact) mass is 360 g/mol. The average molecular weight is 361 g/mol. The summed E-state index contributed by atoms with van der Waals surface area (Å²) in [6.07, 6.45) is 0.648. The topological polar surface area (TPSA) is 107 Å². The Kier molecular flexibility index (Phi) is 5.68. The predicted octanol–water partition coefficient (Wildman–Crippen LogP) is 2.04. The summed E-state index contributed by atoms with van der Waals surface area (Å²) >= 11 is 3.15. The summed E-state index contributed by atoms with van der Waals surface area (Å²) in [5.41, 5.74) is 0.387. The zero-order valence-electron chi connectivity index (χ0n) is 10.7. The minimum Gasteiger partial charge on any atom is -0.478 e. The number of sulfonamides is 1. The highest BCUT2D eigenvalue weighted by molar-refractivity contribution is 9.10. The summed E-state index contributed by atoms with van der Waals surface area (Å²) in [6, 6.07) is 4.39. The van der Waals surface area contributed by atoms with Gasteiger partial charge in [0.2, 0.25) is 10.0 Å². The largest absolute Gasteiger partial charge is 0.478 e. The third-order valence-electron chi connectivity index (χ3n) is 2.62. The van der Waals surface area contributed by atoms with Crippen LogP contribution in [0.1, 0.15) is 28.8 Å². The van der Waals surface area contributed by atoms with Crippen LogP contribution >= 0.6 is 15.9 Å². The van der Waals surface area contributed by atoms with E-state index in [9.17, 15) is 13.2 Å². The van der Waals surface area contributed by atoms with E-state index in [2.05, 4.69) is 20.7 Å². The molecule has 0 saturated heterocycles. The number of nitrogens with one attached hydrogen (secondary N) is 1. The van der Waals surface area contributed by atoms with Gasteiger partial charge >= 0.3 is 5.97 Å². The molecule has 0 fully saturated rings. The van der Waals surface area contributed by atoms with Crippen LogP contribution in [0.25, 0.3) is 0 Å². The Morgan fingerprint density at radius 3 is 2.70 bits per heavy atom. The van der Waals surface area contributed by atoms with Crippen LogP contribution in [0.2, 0.25) is 0 Å². The van der Waals surface area contributed by atoms with Crippen LogP contribution < -0.4 is 4.72 Å². The standard InChI is InChI=1S/C12H13BrN2O4S/c1-8-10(12(16)17)6-9(7-11(8)13)20(18,19)15-5-3-2-4-14/h6-7,15H,2-3,5H2,1H3,(H,16,17). The number of carboxylic acids is 1. The number of hydrogen-bond acceptors (Lipinski definition) is 4. The SMILES string of the molecule is Cc1c(Br)cc(S(=O)(=O)NCCCC#N)cc1C(=O)O. The average Bonchev–Trinajstić information content (AvgIpc) is 2.37. The fourth-order valence-corrected chi connectivity index (χ4v) is 3.23. The number of nitrogens with zero attached hydrogens (tertiary/aromatic N) is 1. The van der Waals surface area contributed by atoms with Gasteiger partial charge in [0.1, 0.15) is 0 Å². The molecule has 6 nitrogen and oxygen atoms in total. The van der Waals surface area contributed by atoms with Crippen molar-refractivity contribution in [1.82, 2.24) is 4.72 Å². The van der Waals surface area contributed by atoms with E-state index in [0.717, 1.165) is 6.07 Å². The molecule has 0 amide bonds. The second-order valence-corrected chi connectivity index (χ2v) is 6.66. The van der Waals surface area contributed by atoms with Crippen LogP contribution in [0.15, 0.2) is 21.5 Å². The fraction of sp³-hybridized carbons (Fsp3) is 0.333. The van der Waals surface area contributed by atoms with E-state index in [-0.39, 0.29) is 23.4 Å². The van der Waals surface area contributed by atoms with Crippen LogP contribution in [0, 0.1) is 18.3 Å². The molecular formula is C12H13BrN2O4S. The van der Waals surface area contributed by atoms with E-state index in [4.69, 9.17) is 10.4 Å². The zero-order valence-corrected chi connectivity index (χ0v) is 13.1. The van der Waals surface area contributed by atoms with Crippen molar-refractivity contribution in [3.05, 3.63) is 27.7 Å². The van der Waals surface area contributed by atoms with Gasteiger partial charge in [0.25, 0.3) is 0 Å². The fourth-order valence-electron chi connectivity index (χ4n) is 1.49. The smallest absolute Gasteiger partial charge is 0.336 e. The molecular weight excluding hydrogens is 348 g/mol. The number of halogens is 1. The van der Waals surface area contributed by atoms with Crippen LogP contribution in [-0.2, 0) is 10.0 Å². The molecule has 8 heteroatoms. The molecule has 20 heavy (non-hydrogen) atoms. The van der Waals surface area contributed by atoms with E-state index in [0.29, 0.717) is 16.5 Å². The molecule has 2 N–H and O–H groups in total. The molecule has 0 spiro atoms. The van der Waals surface area contributed by atoms with Gasteiger partial charge in [-0.25, -0.2) is 17.9 Å². The highest BCUT2D eigenvalue weighted by Crippen LogP contribution is 2.24. The molecule has 0 aliphatic rings. The van der Waals surface area contributed by atoms with E-state index in [1.54, 1.807) is 6.92 Å². The van der Waals surface area contributed by atoms with Crippen LogP contribution in [-0.4, -0.2) is 26.0 Å². The Hall–Kier alpha value is -1.43. The summed E-state index contributed by atoms with van der Waals surface area (Å²) in [5, 5.41) is 17.4. The number of carbonyl (C=O) groups is 1. The van der Waals surface area contributed by atoms with Crippen molar-refractivity contribution < 1.29 is 18.3 Å². The second kappa shape index (κ2) is 6.83. The Morgan fingerprint density at radius 1 is 1.50 bits per heavy atom. The van der Waals surface area contributed by atoms with Crippen molar-refractivity contribution in [3.8, 4) is 6.07 Å². The Bertz CT molecular complexity index is 665. The minimum absolute atomic E-state index is 0.0724. The number of hydrogen-bond donors (Lipinski definition) is 2. The zero-order chi connectivity index (χ0) is 15.3. The van der Waals surface area contributed by atoms with Crippen molar-refractivity contribution in [2.45, 2.75) is 24.7 Å². The van der Waals surface area contributed by atoms with Crippen LogP contribution in [0.3, 0.4) is 0 Å². The van der Waals surface area contributed by atoms with E-state index in [1.165, 1.54) is 6.07 Å². The third-order valence-corrected chi connectivity index (χ3v) is 4.88. The molecule has 0 saturated carbocycles. The molecule has 0 aliphatic heterocycles. The van der Waals surface area contributed by atoms with Gasteiger partial charge in [0.15, 0.2) is 0 Å². The Balaban J connectivity index is 3.07. The lowest BCUT2D eigenvalue weighted by Gasteiger charge is -2.10. The first-order valence-electron chi connectivity index (χ1n) is 5.69. The first-order chi connectivity index (χ1) is 9.29. The summed E-state index contributed by atoms with van der Waals surface area (Å²) in [7, 11) is -3.79. The molecule has 0 atom stereocenters. The van der Waals surface area contributed by atoms with Crippen LogP contribution in [0.4, 0.5) is 0 Å². The molecule has 1 rings (SSSR count). The van der Waals surface area contributed by atoms with Crippen molar-refractivity contribution in [1.29, 1.82) is 5.26 Å². The molecule has 0 aromatic heterocycles. The summed E-state index contributed by atoms with van der Waals surface area (Å²) in [4.78, 5) is 11.0. The molecule has 0 unspecified atom stereocenters. The maximum Gasteiger partial charge on any atom is 0.336 e. The lowest BCUT2D eigenvalue weighted by molar-refractivity contribution is 0.0695. The number of nitriles is 1. The lowest BCUT2D eigenvalue weighted by Crippen LogP contribution is -2.25. The lowest BCUT2D eigenvalue weighted by atomic mass is 10.1. The van der Waals surface area contributed by atoms with Gasteiger partial charge in [-0.2, -0.15) is 5.26 Å². The quantitative estimate of drug-likeness (QED) is 0.754. The maximum atomic E-state index is 12.0. The van der Waals surface area contributed by atoms with Crippen LogP contribution in [0.5, 0.6) is 0 Å². The summed E-state index contributed by atoms with van der Waals surface area (Å²) in [5.74, 6) is -1.19. The number of aromatic carboxylic acids is 1. The second-order valence-electron chi connectivity index (χ2n) is 4.04. The number of benzene rings is 1. The van der Waals surface area contributed by atoms with Gasteiger partial charge in [-0.1, -0.05) is 15.9 Å². The molecule has 1 aromatic carbocycles. The van der Waals surface area contributed by atoms with Gasteiger partial charge in [0, 0.05) is 17.4 Å².